The number of hydrogen-bond donors (Lipinski definition) is 3. The molecule has 1 unspecified atom stereocenters. The molecule has 2 aromatic carbocycles. The van der Waals surface area contributed by atoms with Crippen LogP contribution in [0.25, 0.3) is 0 Å². The monoisotopic (exact) mass is 367 g/mol. The lowest BCUT2D eigenvalue weighted by Crippen LogP contribution is -2.44. The fourth-order valence-corrected chi connectivity index (χ4v) is 2.93. The number of anilines is 2. The van der Waals surface area contributed by atoms with E-state index >= 15 is 0 Å². The molecule has 1 fully saturated rings. The smallest absolute Gasteiger partial charge is 0.246 e. The Morgan fingerprint density at radius 2 is 1.78 bits per heavy atom. The van der Waals surface area contributed by atoms with Crippen LogP contribution < -0.4 is 15.5 Å². The van der Waals surface area contributed by atoms with Crippen LogP contribution in [-0.4, -0.2) is 35.4 Å². The lowest BCUT2D eigenvalue weighted by molar-refractivity contribution is -0.129. The summed E-state index contributed by atoms with van der Waals surface area (Å²) >= 11 is 0. The van der Waals surface area contributed by atoms with E-state index < -0.39 is 12.0 Å². The minimum Gasteiger partial charge on any atom is -0.508 e. The maximum Gasteiger partial charge on any atom is 0.246 e. The molecule has 2 atom stereocenters. The number of hydrogen-bond acceptors (Lipinski definition) is 4. The maximum atomic E-state index is 12.5. The third-order valence-corrected chi connectivity index (χ3v) is 4.45. The van der Waals surface area contributed by atoms with Gasteiger partial charge >= 0.3 is 0 Å². The van der Waals surface area contributed by atoms with Crippen molar-refractivity contribution < 1.29 is 19.5 Å². The number of phenolic OH excluding ortho intramolecular Hbond substituents is 1. The molecule has 3 rings (SSSR count). The standard InChI is InChI=1S/C20H21N3O4/c1-13(19(26)22-15-7-9-17(24)10-8-15)21-20(27)14-11-18(25)23(12-14)16-5-3-2-4-6-16/h2-10,13-14,24H,11-12H2,1H3,(H,21,27)(H,22,26)/t13-,14?/m0/s1. The van der Waals surface area contributed by atoms with Gasteiger partial charge in [-0.3, -0.25) is 14.4 Å². The quantitative estimate of drug-likeness (QED) is 0.703. The number of nitrogens with one attached hydrogen (secondary N) is 2. The summed E-state index contributed by atoms with van der Waals surface area (Å²) in [6.07, 6.45) is 0.118. The molecule has 0 saturated carbocycles. The molecule has 7 nitrogen and oxygen atoms in total. The van der Waals surface area contributed by atoms with Crippen LogP contribution in [0.2, 0.25) is 0 Å². The molecule has 0 aliphatic carbocycles. The van der Waals surface area contributed by atoms with Crippen molar-refractivity contribution in [1.82, 2.24) is 5.32 Å². The average molecular weight is 367 g/mol. The van der Waals surface area contributed by atoms with Crippen molar-refractivity contribution in [2.45, 2.75) is 19.4 Å². The van der Waals surface area contributed by atoms with Crippen LogP contribution in [0.5, 0.6) is 5.75 Å². The van der Waals surface area contributed by atoms with E-state index in [2.05, 4.69) is 10.6 Å². The average Bonchev–Trinajstić information content (AvgIpc) is 3.06. The largest absolute Gasteiger partial charge is 0.508 e. The molecule has 0 spiro atoms. The number of carbonyl (C=O) groups is 3. The minimum absolute atomic E-state index is 0.100. The molecule has 0 radical (unpaired) electrons. The summed E-state index contributed by atoms with van der Waals surface area (Å²) in [5.74, 6) is -1.21. The number of amides is 3. The number of aromatic hydroxyl groups is 1. The van der Waals surface area contributed by atoms with Crippen LogP contribution in [0.15, 0.2) is 54.6 Å². The third kappa shape index (κ3) is 4.44. The fourth-order valence-electron chi connectivity index (χ4n) is 2.93. The third-order valence-electron chi connectivity index (χ3n) is 4.45. The Bertz CT molecular complexity index is 836. The lowest BCUT2D eigenvalue weighted by atomic mass is 10.1. The van der Waals surface area contributed by atoms with Crippen LogP contribution in [0.4, 0.5) is 11.4 Å². The summed E-state index contributed by atoms with van der Waals surface area (Å²) in [7, 11) is 0. The molecule has 1 saturated heterocycles. The molecule has 3 N–H and O–H groups in total. The molecule has 7 heteroatoms. The van der Waals surface area contributed by atoms with Gasteiger partial charge in [0.1, 0.15) is 11.8 Å². The van der Waals surface area contributed by atoms with E-state index in [1.165, 1.54) is 12.1 Å². The van der Waals surface area contributed by atoms with E-state index in [4.69, 9.17) is 0 Å². The second-order valence-corrected chi connectivity index (χ2v) is 6.51. The normalized spacial score (nSPS) is 17.4. The molecule has 1 heterocycles. The summed E-state index contributed by atoms with van der Waals surface area (Å²) in [5.41, 5.74) is 1.28. The van der Waals surface area contributed by atoms with Crippen molar-refractivity contribution in [3.8, 4) is 5.75 Å². The molecule has 27 heavy (non-hydrogen) atoms. The van der Waals surface area contributed by atoms with Crippen molar-refractivity contribution in [2.24, 2.45) is 5.92 Å². The number of carbonyl (C=O) groups excluding carboxylic acids is 3. The van der Waals surface area contributed by atoms with Gasteiger partial charge in [0.2, 0.25) is 17.7 Å². The first-order valence-electron chi connectivity index (χ1n) is 8.69. The first kappa shape index (κ1) is 18.4. The Hall–Kier alpha value is -3.35. The first-order valence-corrected chi connectivity index (χ1v) is 8.69. The van der Waals surface area contributed by atoms with E-state index in [-0.39, 0.29) is 29.9 Å². The zero-order valence-corrected chi connectivity index (χ0v) is 14.9. The Kier molecular flexibility index (Phi) is 5.40. The van der Waals surface area contributed by atoms with Crippen molar-refractivity contribution in [3.63, 3.8) is 0 Å². The van der Waals surface area contributed by atoms with Gasteiger partial charge < -0.3 is 20.6 Å². The number of rotatable bonds is 5. The van der Waals surface area contributed by atoms with Gasteiger partial charge in [0.05, 0.1) is 5.92 Å². The van der Waals surface area contributed by atoms with Gasteiger partial charge in [0.15, 0.2) is 0 Å². The van der Waals surface area contributed by atoms with E-state index in [9.17, 15) is 19.5 Å². The summed E-state index contributed by atoms with van der Waals surface area (Å²) in [6, 6.07) is 14.5. The summed E-state index contributed by atoms with van der Waals surface area (Å²) in [5, 5.41) is 14.6. The van der Waals surface area contributed by atoms with Gasteiger partial charge in [-0.25, -0.2) is 0 Å². The van der Waals surface area contributed by atoms with Crippen molar-refractivity contribution >= 4 is 29.1 Å². The van der Waals surface area contributed by atoms with Crippen molar-refractivity contribution in [3.05, 3.63) is 54.6 Å². The van der Waals surface area contributed by atoms with Crippen LogP contribution in [-0.2, 0) is 14.4 Å². The Labute approximate surface area is 157 Å². The highest BCUT2D eigenvalue weighted by Crippen LogP contribution is 2.25. The SMILES string of the molecule is C[C@H](NC(=O)C1CC(=O)N(c2ccccc2)C1)C(=O)Nc1ccc(O)cc1. The second-order valence-electron chi connectivity index (χ2n) is 6.51. The fraction of sp³-hybridized carbons (Fsp3) is 0.250. The zero-order valence-electron chi connectivity index (χ0n) is 14.9. The van der Waals surface area contributed by atoms with E-state index in [0.717, 1.165) is 5.69 Å². The predicted molar refractivity (Wildman–Crippen MR) is 101 cm³/mol. The maximum absolute atomic E-state index is 12.5. The lowest BCUT2D eigenvalue weighted by Gasteiger charge is -2.18. The van der Waals surface area contributed by atoms with Gasteiger partial charge in [0, 0.05) is 24.3 Å². The molecule has 0 bridgehead atoms. The molecule has 140 valence electrons. The summed E-state index contributed by atoms with van der Waals surface area (Å²) in [4.78, 5) is 38.5. The number of phenols is 1. The van der Waals surface area contributed by atoms with Gasteiger partial charge in [-0.1, -0.05) is 18.2 Å². The molecule has 0 aromatic heterocycles. The number of benzene rings is 2. The van der Waals surface area contributed by atoms with E-state index in [1.54, 1.807) is 24.0 Å². The molecular formula is C20H21N3O4. The highest BCUT2D eigenvalue weighted by molar-refractivity contribution is 6.02. The predicted octanol–water partition coefficient (Wildman–Crippen LogP) is 1.89. The minimum atomic E-state index is -0.757. The van der Waals surface area contributed by atoms with Gasteiger partial charge in [-0.05, 0) is 43.3 Å². The summed E-state index contributed by atoms with van der Waals surface area (Å²) in [6.45, 7) is 1.88. The Morgan fingerprint density at radius 3 is 2.44 bits per heavy atom. The van der Waals surface area contributed by atoms with E-state index in [1.807, 2.05) is 30.3 Å². The molecule has 2 aromatic rings. The zero-order chi connectivity index (χ0) is 19.4. The highest BCUT2D eigenvalue weighted by Gasteiger charge is 2.35. The molecule has 1 aliphatic rings. The van der Waals surface area contributed by atoms with Crippen LogP contribution in [0, 0.1) is 5.92 Å². The number of para-hydroxylation sites is 1. The van der Waals surface area contributed by atoms with Gasteiger partial charge in [0.25, 0.3) is 0 Å². The van der Waals surface area contributed by atoms with Gasteiger partial charge in [-0.2, -0.15) is 0 Å². The van der Waals surface area contributed by atoms with Gasteiger partial charge in [-0.15, -0.1) is 0 Å². The first-order chi connectivity index (χ1) is 12.9. The summed E-state index contributed by atoms with van der Waals surface area (Å²) < 4.78 is 0. The molecule has 3 amide bonds. The van der Waals surface area contributed by atoms with Crippen molar-refractivity contribution in [1.29, 1.82) is 0 Å². The number of nitrogens with zero attached hydrogens (tertiary/aromatic N) is 1. The highest BCUT2D eigenvalue weighted by atomic mass is 16.3. The topological polar surface area (TPSA) is 98.7 Å². The van der Waals surface area contributed by atoms with Crippen LogP contribution in [0.3, 0.4) is 0 Å². The Morgan fingerprint density at radius 1 is 1.11 bits per heavy atom. The Balaban J connectivity index is 1.56. The van der Waals surface area contributed by atoms with Crippen LogP contribution >= 0.6 is 0 Å². The van der Waals surface area contributed by atoms with Crippen LogP contribution in [0.1, 0.15) is 13.3 Å². The molecule has 1 aliphatic heterocycles. The molecular weight excluding hydrogens is 346 g/mol. The van der Waals surface area contributed by atoms with Crippen molar-refractivity contribution in [2.75, 3.05) is 16.8 Å². The second kappa shape index (κ2) is 7.90. The van der Waals surface area contributed by atoms with E-state index in [0.29, 0.717) is 12.2 Å².